The highest BCUT2D eigenvalue weighted by atomic mass is 16.5. The van der Waals surface area contributed by atoms with Gasteiger partial charge in [-0.25, -0.2) is 0 Å². The topological polar surface area (TPSA) is 38.3 Å². The van der Waals surface area contributed by atoms with Crippen LogP contribution in [0.25, 0.3) is 0 Å². The second-order valence-corrected chi connectivity index (χ2v) is 5.08. The third-order valence-electron chi connectivity index (χ3n) is 3.14. The summed E-state index contributed by atoms with van der Waals surface area (Å²) in [7, 11) is 0. The molecule has 1 aromatic rings. The molecule has 0 amide bonds. The van der Waals surface area contributed by atoms with Crippen LogP contribution in [0.4, 0.5) is 0 Å². The summed E-state index contributed by atoms with van der Waals surface area (Å²) in [6, 6.07) is 7.86. The van der Waals surface area contributed by atoms with Crippen molar-refractivity contribution in [3.8, 4) is 5.75 Å². The van der Waals surface area contributed by atoms with Gasteiger partial charge in [0.2, 0.25) is 0 Å². The Labute approximate surface area is 109 Å². The normalized spacial score (nSPS) is 19.2. The lowest BCUT2D eigenvalue weighted by atomic mass is 10.0. The Kier molecular flexibility index (Phi) is 4.37. The molecule has 0 spiro atoms. The Morgan fingerprint density at radius 1 is 1.44 bits per heavy atom. The largest absolute Gasteiger partial charge is 0.490 e. The molecular formula is C15H21NO2. The first-order chi connectivity index (χ1) is 8.66. The molecule has 1 saturated heterocycles. The van der Waals surface area contributed by atoms with Crippen LogP contribution in [0.3, 0.4) is 0 Å². The van der Waals surface area contributed by atoms with E-state index < -0.39 is 0 Å². The number of benzene rings is 1. The maximum Gasteiger partial charge on any atom is 0.168 e. The van der Waals surface area contributed by atoms with Gasteiger partial charge in [-0.2, -0.15) is 0 Å². The fourth-order valence-electron chi connectivity index (χ4n) is 2.32. The SMILES string of the molecule is CC(C)Oc1ccccc1C(=O)CC1CCCN1. The molecule has 1 N–H and O–H groups in total. The molecule has 0 aliphatic carbocycles. The number of ether oxygens (including phenoxy) is 1. The molecule has 1 unspecified atom stereocenters. The van der Waals surface area contributed by atoms with Crippen LogP contribution in [-0.2, 0) is 0 Å². The third-order valence-corrected chi connectivity index (χ3v) is 3.14. The number of hydrogen-bond donors (Lipinski definition) is 1. The van der Waals surface area contributed by atoms with E-state index in [9.17, 15) is 4.79 Å². The van der Waals surface area contributed by atoms with Crippen molar-refractivity contribution in [2.75, 3.05) is 6.54 Å². The second kappa shape index (κ2) is 6.01. The summed E-state index contributed by atoms with van der Waals surface area (Å²) in [6.07, 6.45) is 2.92. The van der Waals surface area contributed by atoms with Crippen molar-refractivity contribution in [3.63, 3.8) is 0 Å². The fourth-order valence-corrected chi connectivity index (χ4v) is 2.32. The van der Waals surface area contributed by atoms with Crippen molar-refractivity contribution >= 4 is 5.78 Å². The molecule has 1 aliphatic heterocycles. The van der Waals surface area contributed by atoms with E-state index in [1.54, 1.807) is 0 Å². The van der Waals surface area contributed by atoms with Crippen LogP contribution in [0.2, 0.25) is 0 Å². The minimum absolute atomic E-state index is 0.0866. The van der Waals surface area contributed by atoms with Crippen LogP contribution in [-0.4, -0.2) is 24.5 Å². The minimum atomic E-state index is 0.0866. The Balaban J connectivity index is 2.08. The molecule has 0 radical (unpaired) electrons. The van der Waals surface area contributed by atoms with Crippen LogP contribution < -0.4 is 10.1 Å². The Morgan fingerprint density at radius 3 is 2.89 bits per heavy atom. The Hall–Kier alpha value is -1.35. The highest BCUT2D eigenvalue weighted by Crippen LogP contribution is 2.22. The van der Waals surface area contributed by atoms with Gasteiger partial charge in [0.25, 0.3) is 0 Å². The molecular weight excluding hydrogens is 226 g/mol. The molecule has 1 atom stereocenters. The van der Waals surface area contributed by atoms with Crippen molar-refractivity contribution < 1.29 is 9.53 Å². The zero-order valence-electron chi connectivity index (χ0n) is 11.1. The van der Waals surface area contributed by atoms with E-state index in [2.05, 4.69) is 5.32 Å². The summed E-state index contributed by atoms with van der Waals surface area (Å²) in [5, 5.41) is 3.36. The highest BCUT2D eigenvalue weighted by molar-refractivity contribution is 5.99. The molecule has 2 rings (SSSR count). The number of rotatable bonds is 5. The van der Waals surface area contributed by atoms with E-state index in [4.69, 9.17) is 4.74 Å². The van der Waals surface area contributed by atoms with Crippen molar-refractivity contribution in [1.29, 1.82) is 0 Å². The fraction of sp³-hybridized carbons (Fsp3) is 0.533. The molecule has 18 heavy (non-hydrogen) atoms. The number of nitrogens with one attached hydrogen (secondary N) is 1. The van der Waals surface area contributed by atoms with Crippen molar-refractivity contribution in [1.82, 2.24) is 5.32 Å². The monoisotopic (exact) mass is 247 g/mol. The van der Waals surface area contributed by atoms with Gasteiger partial charge in [-0.1, -0.05) is 12.1 Å². The number of carbonyl (C=O) groups is 1. The van der Waals surface area contributed by atoms with Gasteiger partial charge in [-0.15, -0.1) is 0 Å². The number of Topliss-reactive ketones (excluding diaryl/α,β-unsaturated/α-hetero) is 1. The lowest BCUT2D eigenvalue weighted by Crippen LogP contribution is -2.25. The molecule has 0 aromatic heterocycles. The zero-order chi connectivity index (χ0) is 13.0. The van der Waals surface area contributed by atoms with Gasteiger partial charge in [0.1, 0.15) is 5.75 Å². The number of carbonyl (C=O) groups excluding carboxylic acids is 1. The van der Waals surface area contributed by atoms with Gasteiger partial charge in [0.05, 0.1) is 11.7 Å². The minimum Gasteiger partial charge on any atom is -0.490 e. The van der Waals surface area contributed by atoms with E-state index in [0.717, 1.165) is 13.0 Å². The molecule has 1 fully saturated rings. The molecule has 0 saturated carbocycles. The zero-order valence-corrected chi connectivity index (χ0v) is 11.1. The van der Waals surface area contributed by atoms with Gasteiger partial charge in [0.15, 0.2) is 5.78 Å². The van der Waals surface area contributed by atoms with Gasteiger partial charge >= 0.3 is 0 Å². The van der Waals surface area contributed by atoms with Gasteiger partial charge < -0.3 is 10.1 Å². The second-order valence-electron chi connectivity index (χ2n) is 5.08. The number of ketones is 1. The van der Waals surface area contributed by atoms with Gasteiger partial charge in [-0.3, -0.25) is 4.79 Å². The van der Waals surface area contributed by atoms with Crippen molar-refractivity contribution in [3.05, 3.63) is 29.8 Å². The summed E-state index contributed by atoms with van der Waals surface area (Å²) in [5.74, 6) is 0.876. The summed E-state index contributed by atoms with van der Waals surface area (Å²) < 4.78 is 5.69. The summed E-state index contributed by atoms with van der Waals surface area (Å²) >= 11 is 0. The lowest BCUT2D eigenvalue weighted by molar-refractivity contribution is 0.0966. The first-order valence-electron chi connectivity index (χ1n) is 6.69. The summed E-state index contributed by atoms with van der Waals surface area (Å²) in [5.41, 5.74) is 0.708. The smallest absolute Gasteiger partial charge is 0.168 e. The van der Waals surface area contributed by atoms with Crippen LogP contribution in [0.1, 0.15) is 43.5 Å². The summed E-state index contributed by atoms with van der Waals surface area (Å²) in [6.45, 7) is 4.97. The Bertz CT molecular complexity index is 409. The van der Waals surface area contributed by atoms with Gasteiger partial charge in [-0.05, 0) is 45.4 Å². The summed E-state index contributed by atoms with van der Waals surface area (Å²) in [4.78, 5) is 12.3. The van der Waals surface area contributed by atoms with E-state index in [1.165, 1.54) is 6.42 Å². The molecule has 0 bridgehead atoms. The average Bonchev–Trinajstić information content (AvgIpc) is 2.81. The van der Waals surface area contributed by atoms with E-state index >= 15 is 0 Å². The van der Waals surface area contributed by atoms with Crippen LogP contribution >= 0.6 is 0 Å². The highest BCUT2D eigenvalue weighted by Gasteiger charge is 2.20. The maximum absolute atomic E-state index is 12.3. The molecule has 1 heterocycles. The van der Waals surface area contributed by atoms with E-state index in [1.807, 2.05) is 38.1 Å². The van der Waals surface area contributed by atoms with Crippen LogP contribution in [0, 0.1) is 0 Å². The predicted molar refractivity (Wildman–Crippen MR) is 72.2 cm³/mol. The van der Waals surface area contributed by atoms with Crippen LogP contribution in [0.5, 0.6) is 5.75 Å². The molecule has 3 heteroatoms. The molecule has 3 nitrogen and oxygen atoms in total. The predicted octanol–water partition coefficient (Wildman–Crippen LogP) is 2.80. The maximum atomic E-state index is 12.3. The van der Waals surface area contributed by atoms with E-state index in [-0.39, 0.29) is 11.9 Å². The first-order valence-corrected chi connectivity index (χ1v) is 6.69. The van der Waals surface area contributed by atoms with Crippen molar-refractivity contribution in [2.45, 2.75) is 45.3 Å². The third kappa shape index (κ3) is 3.33. The van der Waals surface area contributed by atoms with E-state index in [0.29, 0.717) is 23.8 Å². The quantitative estimate of drug-likeness (QED) is 0.813. The molecule has 98 valence electrons. The first kappa shape index (κ1) is 13.1. The Morgan fingerprint density at radius 2 is 2.22 bits per heavy atom. The van der Waals surface area contributed by atoms with Crippen molar-refractivity contribution in [2.24, 2.45) is 0 Å². The molecule has 1 aliphatic rings. The lowest BCUT2D eigenvalue weighted by Gasteiger charge is -2.15. The molecule has 1 aromatic carbocycles. The standard InChI is InChI=1S/C15H21NO2/c1-11(2)18-15-8-4-3-7-13(15)14(17)10-12-6-5-9-16-12/h3-4,7-8,11-12,16H,5-6,9-10H2,1-2H3. The van der Waals surface area contributed by atoms with Gasteiger partial charge in [0, 0.05) is 12.5 Å². The average molecular weight is 247 g/mol. The van der Waals surface area contributed by atoms with Crippen LogP contribution in [0.15, 0.2) is 24.3 Å². The number of para-hydroxylation sites is 1. The number of hydrogen-bond acceptors (Lipinski definition) is 3.